The van der Waals surface area contributed by atoms with Gasteiger partial charge in [-0.2, -0.15) is 0 Å². The smallest absolute Gasteiger partial charge is 0.335 e. The van der Waals surface area contributed by atoms with Crippen molar-refractivity contribution in [1.29, 1.82) is 0 Å². The molecule has 1 aliphatic rings. The number of ether oxygens (including phenoxy) is 2. The van der Waals surface area contributed by atoms with Gasteiger partial charge in [-0.3, -0.25) is 0 Å². The Hall–Kier alpha value is -5.22. The van der Waals surface area contributed by atoms with Crippen LogP contribution in [0, 0.1) is 5.82 Å². The molecular formula is C35H29ClFN5O4. The van der Waals surface area contributed by atoms with Crippen molar-refractivity contribution in [3.8, 4) is 22.6 Å². The molecule has 1 N–H and O–H groups in total. The van der Waals surface area contributed by atoms with Gasteiger partial charge >= 0.3 is 5.97 Å². The highest BCUT2D eigenvalue weighted by atomic mass is 35.5. The lowest BCUT2D eigenvalue weighted by Crippen LogP contribution is -2.32. The molecule has 6 aromatic rings. The van der Waals surface area contributed by atoms with E-state index in [1.807, 2.05) is 45.5 Å². The van der Waals surface area contributed by atoms with Gasteiger partial charge in [-0.25, -0.2) is 14.2 Å². The molecule has 0 amide bonds. The van der Waals surface area contributed by atoms with Crippen LogP contribution in [0.2, 0.25) is 5.02 Å². The zero-order valence-electron chi connectivity index (χ0n) is 25.1. The van der Waals surface area contributed by atoms with Crippen LogP contribution < -0.4 is 9.47 Å². The fourth-order valence-electron chi connectivity index (χ4n) is 5.89. The fraction of sp³-hybridized carbons (Fsp3) is 0.200. The number of nitrogens with zero attached hydrogens (tertiary/aromatic N) is 5. The molecule has 0 aliphatic carbocycles. The van der Waals surface area contributed by atoms with E-state index in [0.717, 1.165) is 46.8 Å². The molecule has 1 aliphatic heterocycles. The normalized spacial score (nSPS) is 15.5. The average molecular weight is 638 g/mol. The first-order valence-electron chi connectivity index (χ1n) is 14.9. The fourth-order valence-corrected chi connectivity index (χ4v) is 6.05. The summed E-state index contributed by atoms with van der Waals surface area (Å²) in [4.78, 5) is 16.7. The minimum absolute atomic E-state index is 0.191. The van der Waals surface area contributed by atoms with Crippen molar-refractivity contribution >= 4 is 28.6 Å². The Bertz CT molecular complexity index is 2110. The number of aromatic carboxylic acids is 1. The lowest BCUT2D eigenvalue weighted by molar-refractivity contribution is -0.0705. The summed E-state index contributed by atoms with van der Waals surface area (Å²) in [7, 11) is 0. The molecule has 1 atom stereocenters. The molecule has 2 aromatic heterocycles. The number of carboxylic acid groups (broad SMARTS) is 1. The number of carboxylic acids is 1. The van der Waals surface area contributed by atoms with Gasteiger partial charge in [-0.05, 0) is 60.0 Å². The van der Waals surface area contributed by atoms with Crippen molar-refractivity contribution in [3.63, 3.8) is 0 Å². The van der Waals surface area contributed by atoms with Gasteiger partial charge < -0.3 is 23.7 Å². The second kappa shape index (κ2) is 11.6. The molecule has 0 saturated heterocycles. The Balaban J connectivity index is 1.19. The number of fused-ring (bicyclic) bond motifs is 2. The highest BCUT2D eigenvalue weighted by molar-refractivity contribution is 6.30. The van der Waals surface area contributed by atoms with E-state index in [1.165, 1.54) is 6.07 Å². The van der Waals surface area contributed by atoms with Crippen molar-refractivity contribution in [2.24, 2.45) is 0 Å². The molecular weight excluding hydrogens is 609 g/mol. The SMILES string of the molecule is CCCn1cnnc1Cn1c(Cc2ccc(-c3cccc4c3OC(C)(c3ccc(Cl)cc3F)O4)cc2)nc2ccc(C(=O)O)cc21. The Kier molecular flexibility index (Phi) is 7.44. The number of hydrogen-bond donors (Lipinski definition) is 1. The predicted molar refractivity (Wildman–Crippen MR) is 171 cm³/mol. The summed E-state index contributed by atoms with van der Waals surface area (Å²) in [5.41, 5.74) is 4.58. The number of imidazole rings is 1. The average Bonchev–Trinajstić information content (AvgIpc) is 3.72. The van der Waals surface area contributed by atoms with Gasteiger partial charge in [0.25, 0.3) is 5.79 Å². The van der Waals surface area contributed by atoms with E-state index in [4.69, 9.17) is 26.1 Å². The molecule has 3 heterocycles. The minimum Gasteiger partial charge on any atom is -0.478 e. The summed E-state index contributed by atoms with van der Waals surface area (Å²) in [6.45, 7) is 4.94. The van der Waals surface area contributed by atoms with Gasteiger partial charge in [0.1, 0.15) is 18.0 Å². The number of aryl methyl sites for hydroxylation is 1. The minimum atomic E-state index is -1.35. The summed E-state index contributed by atoms with van der Waals surface area (Å²) in [6, 6.07) is 23.0. The van der Waals surface area contributed by atoms with Crippen molar-refractivity contribution in [2.75, 3.05) is 0 Å². The summed E-state index contributed by atoms with van der Waals surface area (Å²) in [5.74, 6) is -0.277. The van der Waals surface area contributed by atoms with E-state index in [2.05, 4.69) is 17.1 Å². The van der Waals surface area contributed by atoms with E-state index in [0.29, 0.717) is 35.0 Å². The summed E-state index contributed by atoms with van der Waals surface area (Å²) in [5, 5.41) is 18.4. The van der Waals surface area contributed by atoms with Crippen molar-refractivity contribution in [2.45, 2.75) is 45.6 Å². The molecule has 0 radical (unpaired) electrons. The summed E-state index contributed by atoms with van der Waals surface area (Å²) < 4.78 is 31.3. The maximum atomic E-state index is 14.8. The van der Waals surface area contributed by atoms with Gasteiger partial charge in [-0.15, -0.1) is 10.2 Å². The largest absolute Gasteiger partial charge is 0.478 e. The Morgan fingerprint density at radius 3 is 2.61 bits per heavy atom. The van der Waals surface area contributed by atoms with E-state index >= 15 is 0 Å². The molecule has 11 heteroatoms. The maximum absolute atomic E-state index is 14.8. The van der Waals surface area contributed by atoms with Gasteiger partial charge in [0.05, 0.1) is 28.7 Å². The number of rotatable bonds is 9. The molecule has 0 fully saturated rings. The second-order valence-electron chi connectivity index (χ2n) is 11.3. The van der Waals surface area contributed by atoms with Gasteiger partial charge in [0, 0.05) is 30.5 Å². The first-order valence-corrected chi connectivity index (χ1v) is 15.2. The Morgan fingerprint density at radius 1 is 1.02 bits per heavy atom. The number of aromatic nitrogens is 5. The monoisotopic (exact) mass is 637 g/mol. The molecule has 46 heavy (non-hydrogen) atoms. The molecule has 0 saturated carbocycles. The first-order chi connectivity index (χ1) is 22.2. The Morgan fingerprint density at radius 2 is 1.85 bits per heavy atom. The van der Waals surface area contributed by atoms with Crippen LogP contribution >= 0.6 is 11.6 Å². The predicted octanol–water partition coefficient (Wildman–Crippen LogP) is 7.48. The van der Waals surface area contributed by atoms with E-state index < -0.39 is 17.6 Å². The number of carbonyl (C=O) groups is 1. The lowest BCUT2D eigenvalue weighted by Gasteiger charge is -2.24. The summed E-state index contributed by atoms with van der Waals surface area (Å²) >= 11 is 5.97. The van der Waals surface area contributed by atoms with E-state index in [9.17, 15) is 14.3 Å². The molecule has 1 unspecified atom stereocenters. The topological polar surface area (TPSA) is 104 Å². The van der Waals surface area contributed by atoms with E-state index in [1.54, 1.807) is 49.6 Å². The third kappa shape index (κ3) is 5.34. The zero-order valence-corrected chi connectivity index (χ0v) is 25.8. The summed E-state index contributed by atoms with van der Waals surface area (Å²) in [6.07, 6.45) is 3.14. The lowest BCUT2D eigenvalue weighted by atomic mass is 10.0. The van der Waals surface area contributed by atoms with Crippen molar-refractivity contribution < 1.29 is 23.8 Å². The third-order valence-corrected chi connectivity index (χ3v) is 8.40. The van der Waals surface area contributed by atoms with Crippen molar-refractivity contribution in [3.05, 3.63) is 124 Å². The van der Waals surface area contributed by atoms with Gasteiger partial charge in [0.15, 0.2) is 17.3 Å². The van der Waals surface area contributed by atoms with Crippen LogP contribution in [-0.4, -0.2) is 35.4 Å². The van der Waals surface area contributed by atoms with Crippen LogP contribution in [0.15, 0.2) is 85.2 Å². The standard InChI is InChI=1S/C35H29ClFN5O4/c1-3-15-41-20-38-40-32(41)19-42-29-17-23(34(43)44)11-14-28(29)39-31(42)16-21-7-9-22(10-8-21)25-5-4-6-30-33(25)46-35(2,45-30)26-13-12-24(36)18-27(26)37/h4-14,17-18,20H,3,15-16,19H2,1-2H3,(H,43,44). The third-order valence-electron chi connectivity index (χ3n) is 8.16. The Labute approximate surface area is 268 Å². The van der Waals surface area contributed by atoms with Crippen LogP contribution in [0.1, 0.15) is 53.4 Å². The number of halogens is 2. The molecule has 7 rings (SSSR count). The quantitative estimate of drug-likeness (QED) is 0.175. The van der Waals surface area contributed by atoms with Crippen LogP contribution in [0.5, 0.6) is 11.5 Å². The zero-order chi connectivity index (χ0) is 32.0. The second-order valence-corrected chi connectivity index (χ2v) is 11.8. The highest BCUT2D eigenvalue weighted by Gasteiger charge is 2.42. The van der Waals surface area contributed by atoms with Gasteiger partial charge in [-0.1, -0.05) is 54.9 Å². The number of para-hydroxylation sites is 1. The maximum Gasteiger partial charge on any atom is 0.335 e. The first kappa shape index (κ1) is 29.5. The number of benzene rings is 4. The van der Waals surface area contributed by atoms with Crippen LogP contribution in [0.25, 0.3) is 22.2 Å². The van der Waals surface area contributed by atoms with E-state index in [-0.39, 0.29) is 11.1 Å². The number of hydrogen-bond acceptors (Lipinski definition) is 6. The van der Waals surface area contributed by atoms with Crippen LogP contribution in [-0.2, 0) is 25.3 Å². The van der Waals surface area contributed by atoms with Crippen LogP contribution in [0.3, 0.4) is 0 Å². The molecule has 232 valence electrons. The highest BCUT2D eigenvalue weighted by Crippen LogP contribution is 2.49. The van der Waals surface area contributed by atoms with Crippen LogP contribution in [0.4, 0.5) is 4.39 Å². The molecule has 0 spiro atoms. The molecule has 4 aromatic carbocycles. The van der Waals surface area contributed by atoms with Crippen molar-refractivity contribution in [1.82, 2.24) is 24.3 Å². The van der Waals surface area contributed by atoms with Gasteiger partial charge in [0.2, 0.25) is 0 Å². The molecule has 9 nitrogen and oxygen atoms in total. The molecule has 0 bridgehead atoms.